The fourth-order valence-corrected chi connectivity index (χ4v) is 3.32. The molecule has 0 atom stereocenters. The van der Waals surface area contributed by atoms with Crippen LogP contribution in [0.2, 0.25) is 0 Å². The van der Waals surface area contributed by atoms with Crippen LogP contribution in [0.1, 0.15) is 35.5 Å². The molecular formula is C21H21N5O3. The molecule has 0 fully saturated rings. The van der Waals surface area contributed by atoms with Gasteiger partial charge in [-0.15, -0.1) is 0 Å². The van der Waals surface area contributed by atoms with Gasteiger partial charge in [0.2, 0.25) is 0 Å². The van der Waals surface area contributed by atoms with Crippen LogP contribution in [0.5, 0.6) is 0 Å². The molecule has 0 radical (unpaired) electrons. The first-order valence-corrected chi connectivity index (χ1v) is 9.30. The number of amides is 1. The van der Waals surface area contributed by atoms with Gasteiger partial charge in [0.05, 0.1) is 23.8 Å². The second-order valence-electron chi connectivity index (χ2n) is 7.24. The van der Waals surface area contributed by atoms with E-state index in [-0.39, 0.29) is 34.6 Å². The molecule has 0 saturated carbocycles. The summed E-state index contributed by atoms with van der Waals surface area (Å²) in [6.45, 7) is 5.73. The third-order valence-corrected chi connectivity index (χ3v) is 4.69. The maximum atomic E-state index is 13.2. The molecule has 0 bridgehead atoms. The molecule has 4 aromatic rings. The summed E-state index contributed by atoms with van der Waals surface area (Å²) >= 11 is 0. The number of rotatable bonds is 4. The van der Waals surface area contributed by atoms with Crippen molar-refractivity contribution in [2.75, 3.05) is 0 Å². The number of nitrogens with zero attached hydrogens (tertiary/aromatic N) is 3. The molecule has 0 aliphatic heterocycles. The highest BCUT2D eigenvalue weighted by Gasteiger charge is 2.19. The van der Waals surface area contributed by atoms with Crippen molar-refractivity contribution in [3.8, 4) is 0 Å². The van der Waals surface area contributed by atoms with Gasteiger partial charge >= 0.3 is 0 Å². The van der Waals surface area contributed by atoms with Crippen LogP contribution in [0.25, 0.3) is 16.7 Å². The Hall–Kier alpha value is -3.68. The minimum absolute atomic E-state index is 0.0307. The molecule has 0 unspecified atom stereocenters. The van der Waals surface area contributed by atoms with Gasteiger partial charge in [0.15, 0.2) is 0 Å². The number of furan rings is 1. The Balaban J connectivity index is 2.09. The van der Waals surface area contributed by atoms with Crippen molar-refractivity contribution in [1.82, 2.24) is 19.3 Å². The molecule has 0 aliphatic carbocycles. The van der Waals surface area contributed by atoms with Crippen LogP contribution in [0.3, 0.4) is 0 Å². The molecule has 4 aromatic heterocycles. The van der Waals surface area contributed by atoms with Crippen molar-refractivity contribution in [1.29, 1.82) is 5.41 Å². The molecule has 0 spiro atoms. The molecule has 29 heavy (non-hydrogen) atoms. The first-order chi connectivity index (χ1) is 13.9. The van der Waals surface area contributed by atoms with Gasteiger partial charge in [-0.25, -0.2) is 4.98 Å². The van der Waals surface area contributed by atoms with Gasteiger partial charge < -0.3 is 14.3 Å². The fourth-order valence-electron chi connectivity index (χ4n) is 3.32. The van der Waals surface area contributed by atoms with E-state index in [4.69, 9.17) is 9.83 Å². The number of hydrogen-bond acceptors (Lipinski definition) is 5. The lowest BCUT2D eigenvalue weighted by molar-refractivity contribution is 0.0940. The van der Waals surface area contributed by atoms with Gasteiger partial charge in [-0.1, -0.05) is 6.07 Å². The predicted octanol–water partition coefficient (Wildman–Crippen LogP) is 2.22. The summed E-state index contributed by atoms with van der Waals surface area (Å²) in [6, 6.07) is 8.53. The summed E-state index contributed by atoms with van der Waals surface area (Å²) in [7, 11) is 0. The fraction of sp³-hybridized carbons (Fsp3) is 0.238. The van der Waals surface area contributed by atoms with E-state index in [1.54, 1.807) is 30.7 Å². The second-order valence-corrected chi connectivity index (χ2v) is 7.24. The number of carbonyl (C=O) groups excluding carboxylic acids is 1. The van der Waals surface area contributed by atoms with Crippen LogP contribution in [-0.2, 0) is 6.54 Å². The van der Waals surface area contributed by atoms with Crippen molar-refractivity contribution in [3.05, 3.63) is 75.5 Å². The van der Waals surface area contributed by atoms with Crippen molar-refractivity contribution >= 4 is 22.6 Å². The highest BCUT2D eigenvalue weighted by molar-refractivity contribution is 5.97. The number of aryl methyl sites for hydroxylation is 1. The SMILES string of the molecule is Cc1cccn2c(=O)c3cc(C(=O)NC(C)C)c(=N)n(Cc4ccco4)c3nc12. The second kappa shape index (κ2) is 7.05. The molecular weight excluding hydrogens is 370 g/mol. The topological polar surface area (TPSA) is 105 Å². The summed E-state index contributed by atoms with van der Waals surface area (Å²) < 4.78 is 8.43. The number of pyridine rings is 2. The lowest BCUT2D eigenvalue weighted by atomic mass is 10.1. The Morgan fingerprint density at radius 1 is 1.28 bits per heavy atom. The van der Waals surface area contributed by atoms with Crippen molar-refractivity contribution in [2.24, 2.45) is 0 Å². The molecule has 8 heteroatoms. The standard InChI is InChI=1S/C21H21N5O3/c1-12(2)23-20(27)15-10-16-19(26(17(15)22)11-14-7-5-9-29-14)24-18-13(3)6-4-8-25(18)21(16)28/h4-10,12,22H,11H2,1-3H3,(H,23,27). The van der Waals surface area contributed by atoms with Crippen LogP contribution >= 0.6 is 0 Å². The Bertz CT molecular complexity index is 1350. The lowest BCUT2D eigenvalue weighted by Gasteiger charge is -2.15. The van der Waals surface area contributed by atoms with E-state index in [9.17, 15) is 9.59 Å². The van der Waals surface area contributed by atoms with Crippen LogP contribution < -0.4 is 16.4 Å². The van der Waals surface area contributed by atoms with Crippen molar-refractivity contribution in [3.63, 3.8) is 0 Å². The molecule has 2 N–H and O–H groups in total. The first kappa shape index (κ1) is 18.7. The summed E-state index contributed by atoms with van der Waals surface area (Å²) in [5.41, 5.74) is 1.48. The third kappa shape index (κ3) is 3.22. The maximum Gasteiger partial charge on any atom is 0.267 e. The molecule has 8 nitrogen and oxygen atoms in total. The van der Waals surface area contributed by atoms with Gasteiger partial charge in [0, 0.05) is 12.2 Å². The normalized spacial score (nSPS) is 11.4. The molecule has 4 heterocycles. The molecule has 0 aromatic carbocycles. The van der Waals surface area contributed by atoms with Gasteiger partial charge in [-0.05, 0) is 50.6 Å². The zero-order valence-corrected chi connectivity index (χ0v) is 16.4. The zero-order valence-electron chi connectivity index (χ0n) is 16.4. The maximum absolute atomic E-state index is 13.2. The monoisotopic (exact) mass is 391 g/mol. The molecule has 0 aliphatic rings. The molecule has 0 saturated heterocycles. The Kier molecular flexibility index (Phi) is 4.54. The van der Waals surface area contributed by atoms with Crippen molar-refractivity contribution < 1.29 is 9.21 Å². The summed E-state index contributed by atoms with van der Waals surface area (Å²) in [5, 5.41) is 11.7. The van der Waals surface area contributed by atoms with Gasteiger partial charge in [-0.3, -0.25) is 19.4 Å². The average Bonchev–Trinajstić information content (AvgIpc) is 3.17. The minimum Gasteiger partial charge on any atom is -0.467 e. The Morgan fingerprint density at radius 2 is 2.07 bits per heavy atom. The highest BCUT2D eigenvalue weighted by Crippen LogP contribution is 2.14. The van der Waals surface area contributed by atoms with E-state index in [0.717, 1.165) is 5.56 Å². The Morgan fingerprint density at radius 3 is 2.76 bits per heavy atom. The summed E-state index contributed by atoms with van der Waals surface area (Å²) in [6.07, 6.45) is 3.19. The van der Waals surface area contributed by atoms with Crippen LogP contribution in [0.4, 0.5) is 0 Å². The molecule has 148 valence electrons. The largest absolute Gasteiger partial charge is 0.467 e. The number of hydrogen-bond donors (Lipinski definition) is 2. The van der Waals surface area contributed by atoms with Gasteiger partial charge in [0.1, 0.15) is 22.5 Å². The van der Waals surface area contributed by atoms with E-state index >= 15 is 0 Å². The quantitative estimate of drug-likeness (QED) is 0.520. The Labute approximate surface area is 165 Å². The third-order valence-electron chi connectivity index (χ3n) is 4.69. The van der Waals surface area contributed by atoms with E-state index in [1.807, 2.05) is 26.8 Å². The smallest absolute Gasteiger partial charge is 0.267 e. The van der Waals surface area contributed by atoms with Gasteiger partial charge in [-0.2, -0.15) is 0 Å². The van der Waals surface area contributed by atoms with Crippen LogP contribution in [-0.4, -0.2) is 25.9 Å². The van der Waals surface area contributed by atoms with Crippen LogP contribution in [0, 0.1) is 12.3 Å². The lowest BCUT2D eigenvalue weighted by Crippen LogP contribution is -2.37. The first-order valence-electron chi connectivity index (χ1n) is 9.30. The zero-order chi connectivity index (χ0) is 20.7. The number of aromatic nitrogens is 3. The molecule has 4 rings (SSSR count). The summed E-state index contributed by atoms with van der Waals surface area (Å²) in [4.78, 5) is 30.6. The number of nitrogens with one attached hydrogen (secondary N) is 2. The predicted molar refractivity (Wildman–Crippen MR) is 108 cm³/mol. The number of carbonyl (C=O) groups is 1. The van der Waals surface area contributed by atoms with Crippen LogP contribution in [0.15, 0.2) is 52.0 Å². The average molecular weight is 391 g/mol. The van der Waals surface area contributed by atoms with Crippen molar-refractivity contribution in [2.45, 2.75) is 33.4 Å². The minimum atomic E-state index is -0.408. The highest BCUT2D eigenvalue weighted by atomic mass is 16.3. The van der Waals surface area contributed by atoms with E-state index in [2.05, 4.69) is 10.3 Å². The molecule has 1 amide bonds. The summed E-state index contributed by atoms with van der Waals surface area (Å²) in [5.74, 6) is 0.187. The van der Waals surface area contributed by atoms with E-state index < -0.39 is 5.91 Å². The van der Waals surface area contributed by atoms with E-state index in [0.29, 0.717) is 17.1 Å². The number of fused-ring (bicyclic) bond motifs is 2. The van der Waals surface area contributed by atoms with Gasteiger partial charge in [0.25, 0.3) is 11.5 Å². The van der Waals surface area contributed by atoms with E-state index in [1.165, 1.54) is 15.0 Å².